The van der Waals surface area contributed by atoms with Crippen molar-refractivity contribution in [3.05, 3.63) is 0 Å². The summed E-state index contributed by atoms with van der Waals surface area (Å²) in [4.78, 5) is 14.0. The number of carbonyl (C=O) groups is 1. The van der Waals surface area contributed by atoms with Gasteiger partial charge in [-0.3, -0.25) is 9.69 Å². The minimum absolute atomic E-state index is 0.135. The molecule has 0 spiro atoms. The lowest BCUT2D eigenvalue weighted by Gasteiger charge is -2.25. The highest BCUT2D eigenvalue weighted by atomic mass is 16.3. The minimum Gasteiger partial charge on any atom is -0.395 e. The van der Waals surface area contributed by atoms with Crippen molar-refractivity contribution in [3.63, 3.8) is 0 Å². The molecule has 0 aromatic carbocycles. The fourth-order valence-electron chi connectivity index (χ4n) is 2.23. The Labute approximate surface area is 92.5 Å². The van der Waals surface area contributed by atoms with Gasteiger partial charge >= 0.3 is 0 Å². The summed E-state index contributed by atoms with van der Waals surface area (Å²) in [6.45, 7) is 5.39. The van der Waals surface area contributed by atoms with Gasteiger partial charge in [-0.05, 0) is 26.7 Å². The van der Waals surface area contributed by atoms with Gasteiger partial charge in [-0.25, -0.2) is 0 Å². The maximum absolute atomic E-state index is 11.9. The normalized spacial score (nSPS) is 17.9. The van der Waals surface area contributed by atoms with Gasteiger partial charge in [0.15, 0.2) is 0 Å². The van der Waals surface area contributed by atoms with Crippen LogP contribution in [0.5, 0.6) is 0 Å². The van der Waals surface area contributed by atoms with Gasteiger partial charge in [0.2, 0.25) is 0 Å². The van der Waals surface area contributed by atoms with Crippen LogP contribution in [0.25, 0.3) is 0 Å². The number of Topliss-reactive ketones (excluding diaryl/α,β-unsaturated/α-hetero) is 1. The van der Waals surface area contributed by atoms with Gasteiger partial charge in [-0.1, -0.05) is 12.8 Å². The van der Waals surface area contributed by atoms with Crippen LogP contribution in [0.3, 0.4) is 0 Å². The third-order valence-corrected chi connectivity index (χ3v) is 3.29. The number of aliphatic hydroxyl groups excluding tert-OH is 1. The van der Waals surface area contributed by atoms with Crippen LogP contribution in [0.1, 0.15) is 39.5 Å². The van der Waals surface area contributed by atoms with Crippen LogP contribution >= 0.6 is 0 Å². The van der Waals surface area contributed by atoms with Gasteiger partial charge in [0.25, 0.3) is 0 Å². The standard InChI is InChI=1S/C12H23NO2/c1-10(2)13(7-8-14)9-12(15)11-5-3-4-6-11/h10-11,14H,3-9H2,1-2H3. The van der Waals surface area contributed by atoms with Crippen molar-refractivity contribution in [2.45, 2.75) is 45.6 Å². The average Bonchev–Trinajstić information content (AvgIpc) is 2.69. The molecule has 1 aliphatic rings. The first-order chi connectivity index (χ1) is 7.15. The zero-order chi connectivity index (χ0) is 11.3. The predicted octanol–water partition coefficient (Wildman–Crippen LogP) is 1.45. The van der Waals surface area contributed by atoms with Crippen LogP contribution in [-0.2, 0) is 4.79 Å². The van der Waals surface area contributed by atoms with Gasteiger partial charge in [-0.15, -0.1) is 0 Å². The zero-order valence-corrected chi connectivity index (χ0v) is 9.91. The van der Waals surface area contributed by atoms with E-state index in [1.54, 1.807) is 0 Å². The SMILES string of the molecule is CC(C)N(CCO)CC(=O)C1CCCC1. The van der Waals surface area contributed by atoms with E-state index < -0.39 is 0 Å². The predicted molar refractivity (Wildman–Crippen MR) is 60.8 cm³/mol. The molecule has 15 heavy (non-hydrogen) atoms. The minimum atomic E-state index is 0.135. The van der Waals surface area contributed by atoms with Crippen LogP contribution in [0, 0.1) is 5.92 Å². The molecule has 0 heterocycles. The molecule has 3 nitrogen and oxygen atoms in total. The molecule has 1 fully saturated rings. The topological polar surface area (TPSA) is 40.5 Å². The summed E-state index contributed by atoms with van der Waals surface area (Å²) < 4.78 is 0. The summed E-state index contributed by atoms with van der Waals surface area (Å²) in [5, 5.41) is 8.91. The number of aliphatic hydroxyl groups is 1. The summed E-state index contributed by atoms with van der Waals surface area (Å²) in [5.41, 5.74) is 0. The molecule has 0 bridgehead atoms. The van der Waals surface area contributed by atoms with Crippen molar-refractivity contribution in [1.29, 1.82) is 0 Å². The molecule has 0 amide bonds. The van der Waals surface area contributed by atoms with Gasteiger partial charge < -0.3 is 5.11 Å². The first-order valence-electron chi connectivity index (χ1n) is 6.02. The second kappa shape index (κ2) is 6.23. The molecule has 1 N–H and O–H groups in total. The van der Waals surface area contributed by atoms with E-state index >= 15 is 0 Å². The first-order valence-corrected chi connectivity index (χ1v) is 6.02. The van der Waals surface area contributed by atoms with Crippen molar-refractivity contribution in [2.24, 2.45) is 5.92 Å². The van der Waals surface area contributed by atoms with Gasteiger partial charge in [0.05, 0.1) is 13.2 Å². The monoisotopic (exact) mass is 213 g/mol. The summed E-state index contributed by atoms with van der Waals surface area (Å²) >= 11 is 0. The summed E-state index contributed by atoms with van der Waals surface area (Å²) in [5.74, 6) is 0.666. The smallest absolute Gasteiger partial charge is 0.149 e. The molecule has 88 valence electrons. The van der Waals surface area contributed by atoms with E-state index in [0.717, 1.165) is 12.8 Å². The second-order valence-corrected chi connectivity index (χ2v) is 4.74. The maximum Gasteiger partial charge on any atom is 0.149 e. The first kappa shape index (κ1) is 12.7. The lowest BCUT2D eigenvalue weighted by atomic mass is 10.0. The third kappa shape index (κ3) is 3.92. The number of hydrogen-bond donors (Lipinski definition) is 1. The molecule has 0 aromatic rings. The van der Waals surface area contributed by atoms with Crippen LogP contribution in [0.4, 0.5) is 0 Å². The van der Waals surface area contributed by atoms with E-state index in [1.807, 2.05) is 0 Å². The van der Waals surface area contributed by atoms with Crippen molar-refractivity contribution in [3.8, 4) is 0 Å². The van der Waals surface area contributed by atoms with E-state index in [-0.39, 0.29) is 6.61 Å². The highest BCUT2D eigenvalue weighted by Gasteiger charge is 2.24. The maximum atomic E-state index is 11.9. The molecule has 0 unspecified atom stereocenters. The number of ketones is 1. The Morgan fingerprint density at radius 1 is 1.40 bits per heavy atom. The van der Waals surface area contributed by atoms with E-state index in [0.29, 0.717) is 30.8 Å². The number of nitrogens with zero attached hydrogens (tertiary/aromatic N) is 1. The van der Waals surface area contributed by atoms with Crippen molar-refractivity contribution < 1.29 is 9.90 Å². The van der Waals surface area contributed by atoms with E-state index in [9.17, 15) is 4.79 Å². The third-order valence-electron chi connectivity index (χ3n) is 3.29. The van der Waals surface area contributed by atoms with E-state index in [2.05, 4.69) is 18.7 Å². The summed E-state index contributed by atoms with van der Waals surface area (Å²) in [7, 11) is 0. The second-order valence-electron chi connectivity index (χ2n) is 4.74. The van der Waals surface area contributed by atoms with Crippen LogP contribution in [-0.4, -0.2) is 41.5 Å². The molecular weight excluding hydrogens is 190 g/mol. The number of carbonyl (C=O) groups excluding carboxylic acids is 1. The lowest BCUT2D eigenvalue weighted by molar-refractivity contribution is -0.124. The fraction of sp³-hybridized carbons (Fsp3) is 0.917. The summed E-state index contributed by atoms with van der Waals surface area (Å²) in [6.07, 6.45) is 4.56. The van der Waals surface area contributed by atoms with Crippen molar-refractivity contribution in [1.82, 2.24) is 4.90 Å². The molecule has 1 aliphatic carbocycles. The molecule has 0 radical (unpaired) electrons. The largest absolute Gasteiger partial charge is 0.395 e. The molecule has 1 rings (SSSR count). The molecule has 0 aromatic heterocycles. The lowest BCUT2D eigenvalue weighted by Crippen LogP contribution is -2.39. The summed E-state index contributed by atoms with van der Waals surface area (Å²) in [6, 6.07) is 0.336. The van der Waals surface area contributed by atoms with Crippen LogP contribution in [0.15, 0.2) is 0 Å². The Morgan fingerprint density at radius 2 is 2.00 bits per heavy atom. The van der Waals surface area contributed by atoms with Gasteiger partial charge in [0, 0.05) is 18.5 Å². The quantitative estimate of drug-likeness (QED) is 0.726. The Hall–Kier alpha value is -0.410. The molecule has 0 atom stereocenters. The molecule has 1 saturated carbocycles. The zero-order valence-electron chi connectivity index (χ0n) is 9.91. The van der Waals surface area contributed by atoms with Gasteiger partial charge in [-0.2, -0.15) is 0 Å². The van der Waals surface area contributed by atoms with Gasteiger partial charge in [0.1, 0.15) is 5.78 Å². The van der Waals surface area contributed by atoms with E-state index in [1.165, 1.54) is 12.8 Å². The molecule has 3 heteroatoms. The Kier molecular flexibility index (Phi) is 5.26. The Bertz CT molecular complexity index is 198. The Balaban J connectivity index is 2.38. The van der Waals surface area contributed by atoms with Crippen molar-refractivity contribution >= 4 is 5.78 Å². The molecule has 0 aliphatic heterocycles. The molecular formula is C12H23NO2. The highest BCUT2D eigenvalue weighted by Crippen LogP contribution is 2.25. The average molecular weight is 213 g/mol. The van der Waals surface area contributed by atoms with Crippen molar-refractivity contribution in [2.75, 3.05) is 19.7 Å². The Morgan fingerprint density at radius 3 is 2.47 bits per heavy atom. The fourth-order valence-corrected chi connectivity index (χ4v) is 2.23. The number of hydrogen-bond acceptors (Lipinski definition) is 3. The number of rotatable bonds is 6. The van der Waals surface area contributed by atoms with Crippen LogP contribution < -0.4 is 0 Å². The molecule has 0 saturated heterocycles. The highest BCUT2D eigenvalue weighted by molar-refractivity contribution is 5.83. The van der Waals surface area contributed by atoms with Crippen LogP contribution in [0.2, 0.25) is 0 Å². The van der Waals surface area contributed by atoms with E-state index in [4.69, 9.17) is 5.11 Å².